The van der Waals surface area contributed by atoms with Crippen molar-refractivity contribution in [3.63, 3.8) is 0 Å². The Morgan fingerprint density at radius 1 is 1.12 bits per heavy atom. The number of H-pyrrole nitrogens is 1. The molecular weight excluding hydrogens is 328 g/mol. The van der Waals surface area contributed by atoms with Gasteiger partial charge in [0.15, 0.2) is 0 Å². The van der Waals surface area contributed by atoms with E-state index in [-0.39, 0.29) is 11.9 Å². The Kier molecular flexibility index (Phi) is 4.49. The number of nitrogens with two attached hydrogens (primary N) is 1. The maximum atomic E-state index is 13.4. The fraction of sp³-hybridized carbons (Fsp3) is 0.450. The number of primary amides is 1. The Labute approximate surface area is 152 Å². The average molecular weight is 352 g/mol. The summed E-state index contributed by atoms with van der Waals surface area (Å²) in [5.74, 6) is -0.456. The number of aromatic amines is 1. The van der Waals surface area contributed by atoms with Crippen molar-refractivity contribution in [1.82, 2.24) is 15.1 Å². The van der Waals surface area contributed by atoms with Gasteiger partial charge in [-0.1, -0.05) is 12.1 Å². The van der Waals surface area contributed by atoms with Gasteiger partial charge in [0.25, 0.3) is 11.8 Å². The highest BCUT2D eigenvalue weighted by molar-refractivity contribution is 5.97. The summed E-state index contributed by atoms with van der Waals surface area (Å²) in [6.45, 7) is 0.685. The first kappa shape index (κ1) is 16.8. The number of hydrogen-bond donors (Lipinski definition) is 2. The van der Waals surface area contributed by atoms with Crippen molar-refractivity contribution in [2.75, 3.05) is 6.54 Å². The molecule has 1 fully saturated rings. The van der Waals surface area contributed by atoms with Crippen molar-refractivity contribution in [2.24, 2.45) is 5.73 Å². The quantitative estimate of drug-likeness (QED) is 0.889. The molecule has 1 aromatic heterocycles. The van der Waals surface area contributed by atoms with E-state index in [0.29, 0.717) is 17.8 Å². The van der Waals surface area contributed by atoms with E-state index in [1.54, 1.807) is 0 Å². The van der Waals surface area contributed by atoms with Crippen LogP contribution in [0.1, 0.15) is 75.7 Å². The second-order valence-electron chi connectivity index (χ2n) is 7.22. The number of fused-ring (bicyclic) bond motifs is 1. The van der Waals surface area contributed by atoms with Crippen molar-refractivity contribution in [3.05, 3.63) is 52.3 Å². The van der Waals surface area contributed by atoms with E-state index in [2.05, 4.69) is 16.3 Å². The summed E-state index contributed by atoms with van der Waals surface area (Å²) in [5.41, 5.74) is 9.85. The monoisotopic (exact) mass is 352 g/mol. The molecule has 0 saturated carbocycles. The van der Waals surface area contributed by atoms with Crippen molar-refractivity contribution in [2.45, 2.75) is 51.0 Å². The van der Waals surface area contributed by atoms with Gasteiger partial charge < -0.3 is 10.6 Å². The van der Waals surface area contributed by atoms with Crippen LogP contribution in [0.15, 0.2) is 24.4 Å². The summed E-state index contributed by atoms with van der Waals surface area (Å²) in [6.07, 6.45) is 8.58. The first-order valence-corrected chi connectivity index (χ1v) is 9.41. The lowest BCUT2D eigenvalue weighted by Gasteiger charge is -2.36. The minimum atomic E-state index is -0.510. The van der Waals surface area contributed by atoms with Crippen LogP contribution in [-0.4, -0.2) is 33.5 Å². The highest BCUT2D eigenvalue weighted by Crippen LogP contribution is 2.34. The number of nitrogens with zero attached hydrogens (tertiary/aromatic N) is 2. The topological polar surface area (TPSA) is 92.1 Å². The number of amides is 2. The molecule has 1 saturated heterocycles. The summed E-state index contributed by atoms with van der Waals surface area (Å²) in [4.78, 5) is 27.1. The van der Waals surface area contributed by atoms with Gasteiger partial charge >= 0.3 is 0 Å². The van der Waals surface area contributed by atoms with Crippen LogP contribution in [0, 0.1) is 0 Å². The number of aromatic nitrogens is 2. The van der Waals surface area contributed by atoms with Gasteiger partial charge in [-0.05, 0) is 62.1 Å². The summed E-state index contributed by atoms with van der Waals surface area (Å²) in [5, 5.41) is 6.90. The molecule has 0 radical (unpaired) electrons. The molecule has 1 unspecified atom stereocenters. The minimum absolute atomic E-state index is 0.0541. The molecule has 1 aliphatic heterocycles. The summed E-state index contributed by atoms with van der Waals surface area (Å²) in [7, 11) is 0. The Morgan fingerprint density at radius 3 is 2.81 bits per heavy atom. The molecule has 1 atom stereocenters. The number of benzene rings is 1. The van der Waals surface area contributed by atoms with Gasteiger partial charge in [-0.25, -0.2) is 0 Å². The number of hydrogen-bond acceptors (Lipinski definition) is 3. The number of likely N-dealkylation sites (tertiary alicyclic amines) is 1. The van der Waals surface area contributed by atoms with Gasteiger partial charge in [-0.3, -0.25) is 14.7 Å². The fourth-order valence-electron chi connectivity index (χ4n) is 4.36. The van der Waals surface area contributed by atoms with Crippen LogP contribution < -0.4 is 5.73 Å². The van der Waals surface area contributed by atoms with Crippen LogP contribution in [0.5, 0.6) is 0 Å². The number of rotatable bonds is 3. The number of nitrogens with one attached hydrogen (secondary N) is 1. The third-order valence-corrected chi connectivity index (χ3v) is 5.66. The van der Waals surface area contributed by atoms with Crippen LogP contribution in [-0.2, 0) is 12.8 Å². The van der Waals surface area contributed by atoms with E-state index < -0.39 is 5.91 Å². The molecule has 0 bridgehead atoms. The number of carbonyl (C=O) groups excluding carboxylic acids is 2. The summed E-state index contributed by atoms with van der Waals surface area (Å²) >= 11 is 0. The van der Waals surface area contributed by atoms with Gasteiger partial charge in [0.05, 0.1) is 23.5 Å². The zero-order valence-corrected chi connectivity index (χ0v) is 14.8. The second-order valence-corrected chi connectivity index (χ2v) is 7.22. The molecule has 2 aromatic rings. The lowest BCUT2D eigenvalue weighted by atomic mass is 9.87. The summed E-state index contributed by atoms with van der Waals surface area (Å²) < 4.78 is 0. The second kappa shape index (κ2) is 6.94. The van der Waals surface area contributed by atoms with Crippen LogP contribution in [0.4, 0.5) is 0 Å². The van der Waals surface area contributed by atoms with E-state index in [9.17, 15) is 9.59 Å². The van der Waals surface area contributed by atoms with Crippen molar-refractivity contribution < 1.29 is 9.59 Å². The maximum Gasteiger partial charge on any atom is 0.254 e. The molecule has 0 spiro atoms. The smallest absolute Gasteiger partial charge is 0.254 e. The molecule has 26 heavy (non-hydrogen) atoms. The highest BCUT2D eigenvalue weighted by atomic mass is 16.2. The van der Waals surface area contributed by atoms with Gasteiger partial charge in [-0.2, -0.15) is 5.10 Å². The Morgan fingerprint density at radius 2 is 1.96 bits per heavy atom. The van der Waals surface area contributed by atoms with Crippen LogP contribution >= 0.6 is 0 Å². The molecular formula is C20H24N4O2. The summed E-state index contributed by atoms with van der Waals surface area (Å²) in [6, 6.07) is 5.89. The van der Waals surface area contributed by atoms with E-state index >= 15 is 0 Å². The standard InChI is InChI=1S/C20H24N4O2/c21-19(25)16-12-22-23-18(16)17-10-3-4-11-24(17)20(26)15-9-5-7-13-6-1-2-8-14(13)15/h5,7,9,12,17H,1-4,6,8,10-11H2,(H2,21,25)(H,22,23). The van der Waals surface area contributed by atoms with Crippen molar-refractivity contribution >= 4 is 11.8 Å². The number of carbonyl (C=O) groups is 2. The third-order valence-electron chi connectivity index (χ3n) is 5.66. The predicted octanol–water partition coefficient (Wildman–Crippen LogP) is 2.75. The number of aryl methyl sites for hydroxylation is 1. The Balaban J connectivity index is 1.70. The molecule has 6 nitrogen and oxygen atoms in total. The predicted molar refractivity (Wildman–Crippen MR) is 97.8 cm³/mol. The zero-order valence-electron chi connectivity index (χ0n) is 14.8. The average Bonchev–Trinajstić information content (AvgIpc) is 3.17. The molecule has 2 amide bonds. The number of piperidine rings is 1. The van der Waals surface area contributed by atoms with E-state index in [4.69, 9.17) is 5.73 Å². The molecule has 1 aliphatic carbocycles. The molecule has 3 N–H and O–H groups in total. The molecule has 6 heteroatoms. The van der Waals surface area contributed by atoms with Gasteiger partial charge in [0.2, 0.25) is 0 Å². The van der Waals surface area contributed by atoms with E-state index in [1.807, 2.05) is 17.0 Å². The first-order valence-electron chi connectivity index (χ1n) is 9.41. The van der Waals surface area contributed by atoms with E-state index in [0.717, 1.165) is 44.1 Å². The largest absolute Gasteiger partial charge is 0.365 e. The molecule has 136 valence electrons. The highest BCUT2D eigenvalue weighted by Gasteiger charge is 2.33. The van der Waals surface area contributed by atoms with Crippen molar-refractivity contribution in [1.29, 1.82) is 0 Å². The SMILES string of the molecule is NC(=O)c1cn[nH]c1C1CCCCN1C(=O)c1cccc2c1CCCC2. The van der Waals surface area contributed by atoms with E-state index in [1.165, 1.54) is 23.7 Å². The Bertz CT molecular complexity index is 842. The maximum absolute atomic E-state index is 13.4. The van der Waals surface area contributed by atoms with Gasteiger partial charge in [0, 0.05) is 12.1 Å². The Hall–Kier alpha value is -2.63. The van der Waals surface area contributed by atoms with Gasteiger partial charge in [0.1, 0.15) is 0 Å². The first-order chi connectivity index (χ1) is 12.7. The third kappa shape index (κ3) is 2.89. The molecule has 4 rings (SSSR count). The van der Waals surface area contributed by atoms with Crippen LogP contribution in [0.3, 0.4) is 0 Å². The van der Waals surface area contributed by atoms with Crippen molar-refractivity contribution in [3.8, 4) is 0 Å². The lowest BCUT2D eigenvalue weighted by Crippen LogP contribution is -2.40. The lowest BCUT2D eigenvalue weighted by molar-refractivity contribution is 0.0601. The fourth-order valence-corrected chi connectivity index (χ4v) is 4.36. The molecule has 2 aliphatic rings. The minimum Gasteiger partial charge on any atom is -0.365 e. The molecule has 2 heterocycles. The van der Waals surface area contributed by atoms with Crippen LogP contribution in [0.2, 0.25) is 0 Å². The van der Waals surface area contributed by atoms with Gasteiger partial charge in [-0.15, -0.1) is 0 Å². The molecule has 1 aromatic carbocycles. The zero-order chi connectivity index (χ0) is 18.1. The normalized spacial score (nSPS) is 19.8. The van der Waals surface area contributed by atoms with Crippen LogP contribution in [0.25, 0.3) is 0 Å².